The Morgan fingerprint density at radius 3 is 2.30 bits per heavy atom. The van der Waals surface area contributed by atoms with Crippen molar-refractivity contribution in [3.05, 3.63) is 64.1 Å². The Morgan fingerprint density at radius 2 is 1.63 bits per heavy atom. The molecule has 0 unspecified atom stereocenters. The number of likely N-dealkylation sites (tertiary alicyclic amines) is 2. The summed E-state index contributed by atoms with van der Waals surface area (Å²) in [5, 5.41) is 0. The molecule has 4 nitrogen and oxygen atoms in total. The summed E-state index contributed by atoms with van der Waals surface area (Å²) in [6.45, 7) is 4.04. The number of para-hydroxylation sites is 1. The van der Waals surface area contributed by atoms with Crippen LogP contribution in [0.1, 0.15) is 41.6 Å². The molecule has 0 radical (unpaired) electrons. The lowest BCUT2D eigenvalue weighted by atomic mass is 9.88. The maximum absolute atomic E-state index is 12.9. The molecule has 2 aromatic rings. The van der Waals surface area contributed by atoms with Crippen LogP contribution < -0.4 is 4.74 Å². The fourth-order valence-corrected chi connectivity index (χ4v) is 5.17. The number of carbonyl (C=O) groups is 1. The third kappa shape index (κ3) is 5.06. The van der Waals surface area contributed by atoms with E-state index in [0.717, 1.165) is 36.3 Å². The summed E-state index contributed by atoms with van der Waals surface area (Å²) in [4.78, 5) is 17.6. The second kappa shape index (κ2) is 9.97. The number of halogens is 1. The first-order valence-electron chi connectivity index (χ1n) is 11.0. The third-order valence-corrected chi connectivity index (χ3v) is 7.22. The summed E-state index contributed by atoms with van der Waals surface area (Å²) in [7, 11) is 1.62. The zero-order valence-corrected chi connectivity index (χ0v) is 19.3. The van der Waals surface area contributed by atoms with Gasteiger partial charge < -0.3 is 14.5 Å². The molecule has 5 heteroatoms. The van der Waals surface area contributed by atoms with Gasteiger partial charge >= 0.3 is 0 Å². The van der Waals surface area contributed by atoms with Gasteiger partial charge in [0.1, 0.15) is 5.75 Å². The lowest BCUT2D eigenvalue weighted by Crippen LogP contribution is -2.49. The minimum absolute atomic E-state index is 0.0964. The van der Waals surface area contributed by atoms with E-state index in [1.807, 2.05) is 29.2 Å². The zero-order valence-electron chi connectivity index (χ0n) is 17.7. The van der Waals surface area contributed by atoms with E-state index in [4.69, 9.17) is 4.74 Å². The number of piperidine rings is 2. The summed E-state index contributed by atoms with van der Waals surface area (Å²) in [6.07, 6.45) is 5.87. The SMILES string of the molecule is COc1ccccc1C(=O)N1CCC(N2CCC(Cc3ccc(Br)cc3)CC2)CC1. The molecule has 30 heavy (non-hydrogen) atoms. The van der Waals surface area contributed by atoms with Crippen LogP contribution >= 0.6 is 15.9 Å². The van der Waals surface area contributed by atoms with Crippen molar-refractivity contribution in [2.75, 3.05) is 33.3 Å². The molecular formula is C25H31BrN2O2. The number of benzene rings is 2. The molecule has 2 fully saturated rings. The Hall–Kier alpha value is -1.85. The molecular weight excluding hydrogens is 440 g/mol. The van der Waals surface area contributed by atoms with E-state index in [2.05, 4.69) is 45.1 Å². The minimum atomic E-state index is 0.0964. The quantitative estimate of drug-likeness (QED) is 0.614. The number of methoxy groups -OCH3 is 1. The molecule has 0 aromatic heterocycles. The number of nitrogens with zero attached hydrogens (tertiary/aromatic N) is 2. The Kier molecular flexibility index (Phi) is 7.11. The molecule has 0 spiro atoms. The summed E-state index contributed by atoms with van der Waals surface area (Å²) in [5.41, 5.74) is 2.12. The summed E-state index contributed by atoms with van der Waals surface area (Å²) in [6, 6.07) is 16.9. The van der Waals surface area contributed by atoms with E-state index in [0.29, 0.717) is 17.4 Å². The van der Waals surface area contributed by atoms with Gasteiger partial charge in [0.15, 0.2) is 0 Å². The Bertz CT molecular complexity index is 838. The van der Waals surface area contributed by atoms with Gasteiger partial charge in [0.25, 0.3) is 5.91 Å². The first kappa shape index (κ1) is 21.4. The first-order valence-corrected chi connectivity index (χ1v) is 11.8. The first-order chi connectivity index (χ1) is 14.6. The van der Waals surface area contributed by atoms with Gasteiger partial charge in [0.05, 0.1) is 12.7 Å². The van der Waals surface area contributed by atoms with E-state index in [1.54, 1.807) is 7.11 Å². The number of hydrogen-bond acceptors (Lipinski definition) is 3. The molecule has 0 saturated carbocycles. The smallest absolute Gasteiger partial charge is 0.257 e. The lowest BCUT2D eigenvalue weighted by molar-refractivity contribution is 0.0549. The molecule has 2 aliphatic rings. The van der Waals surface area contributed by atoms with E-state index < -0.39 is 0 Å². The highest BCUT2D eigenvalue weighted by Crippen LogP contribution is 2.28. The van der Waals surface area contributed by atoms with Crippen molar-refractivity contribution in [1.82, 2.24) is 9.80 Å². The van der Waals surface area contributed by atoms with Gasteiger partial charge in [-0.3, -0.25) is 4.79 Å². The predicted molar refractivity (Wildman–Crippen MR) is 124 cm³/mol. The molecule has 0 bridgehead atoms. The highest BCUT2D eigenvalue weighted by Gasteiger charge is 2.30. The summed E-state index contributed by atoms with van der Waals surface area (Å²) >= 11 is 3.52. The van der Waals surface area contributed by atoms with Crippen molar-refractivity contribution in [3.8, 4) is 5.75 Å². The number of carbonyl (C=O) groups excluding carboxylic acids is 1. The highest BCUT2D eigenvalue weighted by atomic mass is 79.9. The van der Waals surface area contributed by atoms with E-state index >= 15 is 0 Å². The van der Waals surface area contributed by atoms with Gasteiger partial charge in [-0.05, 0) is 80.9 Å². The van der Waals surface area contributed by atoms with Crippen molar-refractivity contribution < 1.29 is 9.53 Å². The van der Waals surface area contributed by atoms with E-state index in [-0.39, 0.29) is 5.91 Å². The molecule has 2 saturated heterocycles. The van der Waals surface area contributed by atoms with Gasteiger partial charge in [-0.25, -0.2) is 0 Å². The van der Waals surface area contributed by atoms with Crippen LogP contribution in [0.4, 0.5) is 0 Å². The van der Waals surface area contributed by atoms with Crippen molar-refractivity contribution in [1.29, 1.82) is 0 Å². The van der Waals surface area contributed by atoms with Crippen LogP contribution in [-0.2, 0) is 6.42 Å². The van der Waals surface area contributed by atoms with Gasteiger partial charge in [-0.15, -0.1) is 0 Å². The molecule has 1 amide bonds. The Labute approximate surface area is 188 Å². The predicted octanol–water partition coefficient (Wildman–Crippen LogP) is 5.02. The Morgan fingerprint density at radius 1 is 0.967 bits per heavy atom. The molecule has 0 aliphatic carbocycles. The highest BCUT2D eigenvalue weighted by molar-refractivity contribution is 9.10. The van der Waals surface area contributed by atoms with Crippen LogP contribution in [0.3, 0.4) is 0 Å². The fraction of sp³-hybridized carbons (Fsp3) is 0.480. The topological polar surface area (TPSA) is 32.8 Å². The van der Waals surface area contributed by atoms with E-state index in [1.165, 1.54) is 37.9 Å². The lowest BCUT2D eigenvalue weighted by Gasteiger charge is -2.42. The van der Waals surface area contributed by atoms with Crippen LogP contribution in [0.5, 0.6) is 5.75 Å². The van der Waals surface area contributed by atoms with Crippen molar-refractivity contribution in [2.24, 2.45) is 5.92 Å². The number of ether oxygens (including phenoxy) is 1. The van der Waals surface area contributed by atoms with E-state index in [9.17, 15) is 4.79 Å². The maximum Gasteiger partial charge on any atom is 0.257 e. The maximum atomic E-state index is 12.9. The van der Waals surface area contributed by atoms with Crippen LogP contribution in [-0.4, -0.2) is 55.0 Å². The molecule has 4 rings (SSSR count). The normalized spacial score (nSPS) is 19.1. The monoisotopic (exact) mass is 470 g/mol. The largest absolute Gasteiger partial charge is 0.496 e. The number of hydrogen-bond donors (Lipinski definition) is 0. The summed E-state index contributed by atoms with van der Waals surface area (Å²) in [5.74, 6) is 1.55. The number of rotatable bonds is 5. The molecule has 160 valence electrons. The molecule has 2 heterocycles. The van der Waals surface area contributed by atoms with Crippen LogP contribution in [0.15, 0.2) is 53.0 Å². The fourth-order valence-electron chi connectivity index (χ4n) is 4.90. The average molecular weight is 471 g/mol. The molecule has 0 N–H and O–H groups in total. The minimum Gasteiger partial charge on any atom is -0.496 e. The van der Waals surface area contributed by atoms with Crippen LogP contribution in [0.2, 0.25) is 0 Å². The second-order valence-electron chi connectivity index (χ2n) is 8.53. The van der Waals surface area contributed by atoms with Gasteiger partial charge in [-0.2, -0.15) is 0 Å². The molecule has 0 atom stereocenters. The standard InChI is InChI=1S/C25H31BrN2O2/c1-30-24-5-3-2-4-23(24)25(29)28-16-12-22(13-17-28)27-14-10-20(11-15-27)18-19-6-8-21(26)9-7-19/h2-9,20,22H,10-18H2,1H3. The second-order valence-corrected chi connectivity index (χ2v) is 9.45. The van der Waals surface area contributed by atoms with Crippen LogP contribution in [0.25, 0.3) is 0 Å². The third-order valence-electron chi connectivity index (χ3n) is 6.69. The van der Waals surface area contributed by atoms with Crippen molar-refractivity contribution >= 4 is 21.8 Å². The van der Waals surface area contributed by atoms with Gasteiger partial charge in [-0.1, -0.05) is 40.2 Å². The van der Waals surface area contributed by atoms with Gasteiger partial charge in [0.2, 0.25) is 0 Å². The number of amides is 1. The van der Waals surface area contributed by atoms with Gasteiger partial charge in [0, 0.05) is 23.6 Å². The zero-order chi connectivity index (χ0) is 20.9. The molecule has 2 aromatic carbocycles. The average Bonchev–Trinajstić information content (AvgIpc) is 2.81. The van der Waals surface area contributed by atoms with Crippen molar-refractivity contribution in [3.63, 3.8) is 0 Å². The Balaban J connectivity index is 1.25. The van der Waals surface area contributed by atoms with Crippen LogP contribution in [0, 0.1) is 5.92 Å². The summed E-state index contributed by atoms with van der Waals surface area (Å²) < 4.78 is 6.52. The molecule has 2 aliphatic heterocycles. The van der Waals surface area contributed by atoms with Crippen molar-refractivity contribution in [2.45, 2.75) is 38.1 Å².